The van der Waals surface area contributed by atoms with Crippen LogP contribution in [-0.2, 0) is 9.84 Å². The monoisotopic (exact) mass is 353 g/mol. The number of anilines is 1. The minimum Gasteiger partial charge on any atom is -0.355 e. The van der Waals surface area contributed by atoms with Crippen LogP contribution >= 0.6 is 11.6 Å². The van der Waals surface area contributed by atoms with Crippen LogP contribution in [0.4, 0.5) is 5.82 Å². The summed E-state index contributed by atoms with van der Waals surface area (Å²) in [6, 6.07) is 3.47. The summed E-state index contributed by atoms with van der Waals surface area (Å²) < 4.78 is 25.1. The van der Waals surface area contributed by atoms with Crippen LogP contribution in [0.15, 0.2) is 12.4 Å². The van der Waals surface area contributed by atoms with Crippen LogP contribution in [0.1, 0.15) is 24.2 Å². The fourth-order valence-corrected chi connectivity index (χ4v) is 4.32. The molecule has 1 saturated heterocycles. The number of imidazole rings is 1. The summed E-state index contributed by atoms with van der Waals surface area (Å²) in [6.07, 6.45) is 1.53. The van der Waals surface area contributed by atoms with E-state index in [2.05, 4.69) is 4.98 Å². The Kier molecular flexibility index (Phi) is 3.96. The Morgan fingerprint density at radius 2 is 2.09 bits per heavy atom. The number of aromatic nitrogens is 2. The lowest BCUT2D eigenvalue weighted by atomic mass is 10.1. The van der Waals surface area contributed by atoms with E-state index in [0.717, 1.165) is 11.4 Å². The molecule has 7 nitrogen and oxygen atoms in total. The predicted molar refractivity (Wildman–Crippen MR) is 88.4 cm³/mol. The van der Waals surface area contributed by atoms with Gasteiger partial charge in [0.25, 0.3) is 0 Å². The number of sulfone groups is 1. The summed E-state index contributed by atoms with van der Waals surface area (Å²) in [6.45, 7) is 2.58. The molecule has 0 aromatic carbocycles. The van der Waals surface area contributed by atoms with Gasteiger partial charge in [0.15, 0.2) is 15.5 Å². The van der Waals surface area contributed by atoms with Gasteiger partial charge in [-0.3, -0.25) is 4.40 Å². The number of fused-ring (bicyclic) bond motifs is 1. The Bertz CT molecular complexity index is 899. The van der Waals surface area contributed by atoms with Crippen LogP contribution in [0, 0.1) is 11.3 Å². The first kappa shape index (κ1) is 16.1. The van der Waals surface area contributed by atoms with Crippen molar-refractivity contribution in [2.45, 2.75) is 13.0 Å². The van der Waals surface area contributed by atoms with Crippen LogP contribution in [0.25, 0.3) is 5.52 Å². The highest BCUT2D eigenvalue weighted by atomic mass is 35.5. The Morgan fingerprint density at radius 1 is 1.43 bits per heavy atom. The van der Waals surface area contributed by atoms with Gasteiger partial charge in [-0.2, -0.15) is 5.26 Å². The molecular formula is C14H16ClN5O2S. The number of halogens is 1. The van der Waals surface area contributed by atoms with Gasteiger partial charge >= 0.3 is 0 Å². The van der Waals surface area contributed by atoms with Gasteiger partial charge in [0, 0.05) is 24.7 Å². The molecule has 2 aromatic rings. The molecule has 122 valence electrons. The average molecular weight is 354 g/mol. The maximum Gasteiger partial charge on any atom is 0.167 e. The maximum absolute atomic E-state index is 11.7. The third kappa shape index (κ3) is 2.76. The third-order valence-electron chi connectivity index (χ3n) is 4.00. The van der Waals surface area contributed by atoms with E-state index in [4.69, 9.17) is 17.3 Å². The van der Waals surface area contributed by atoms with Crippen molar-refractivity contribution < 1.29 is 8.42 Å². The summed E-state index contributed by atoms with van der Waals surface area (Å²) >= 11 is 6.31. The number of rotatable bonds is 2. The number of pyridine rings is 1. The largest absolute Gasteiger partial charge is 0.355 e. The van der Waals surface area contributed by atoms with E-state index < -0.39 is 9.84 Å². The molecule has 1 unspecified atom stereocenters. The zero-order valence-corrected chi connectivity index (χ0v) is 14.1. The second-order valence-corrected chi connectivity index (χ2v) is 8.33. The topological polar surface area (TPSA) is 104 Å². The molecule has 1 atom stereocenters. The molecule has 0 bridgehead atoms. The maximum atomic E-state index is 11.7. The lowest BCUT2D eigenvalue weighted by molar-refractivity contribution is 0.585. The molecule has 1 fully saturated rings. The summed E-state index contributed by atoms with van der Waals surface area (Å²) in [5, 5.41) is 9.60. The molecule has 9 heteroatoms. The number of nitrogens with zero attached hydrogens (tertiary/aromatic N) is 4. The van der Waals surface area contributed by atoms with Crippen LogP contribution < -0.4 is 10.6 Å². The fourth-order valence-electron chi connectivity index (χ4n) is 2.82. The first-order valence-corrected chi connectivity index (χ1v) is 9.34. The third-order valence-corrected chi connectivity index (χ3v) is 5.90. The molecule has 23 heavy (non-hydrogen) atoms. The molecule has 0 amide bonds. The zero-order chi connectivity index (χ0) is 16.8. The summed E-state index contributed by atoms with van der Waals surface area (Å²) in [7, 11) is -2.99. The second kappa shape index (κ2) is 5.67. The summed E-state index contributed by atoms with van der Waals surface area (Å²) in [4.78, 5) is 6.06. The minimum absolute atomic E-state index is 0.0926. The Balaban J connectivity index is 2.22. The van der Waals surface area contributed by atoms with Crippen molar-refractivity contribution in [2.75, 3.05) is 29.5 Å². The molecule has 0 spiro atoms. The fraction of sp³-hybridized carbons (Fsp3) is 0.429. The van der Waals surface area contributed by atoms with Crippen molar-refractivity contribution in [1.29, 1.82) is 5.26 Å². The van der Waals surface area contributed by atoms with E-state index in [1.54, 1.807) is 10.5 Å². The Morgan fingerprint density at radius 3 is 2.65 bits per heavy atom. The van der Waals surface area contributed by atoms with E-state index in [-0.39, 0.29) is 23.2 Å². The zero-order valence-electron chi connectivity index (χ0n) is 12.5. The normalized spacial score (nSPS) is 18.8. The van der Waals surface area contributed by atoms with Crippen LogP contribution in [0.3, 0.4) is 0 Å². The molecule has 0 saturated carbocycles. The molecule has 3 heterocycles. The van der Waals surface area contributed by atoms with Crippen molar-refractivity contribution in [3.05, 3.63) is 28.7 Å². The van der Waals surface area contributed by atoms with Gasteiger partial charge in [-0.05, 0) is 13.0 Å². The highest BCUT2D eigenvalue weighted by Gasteiger charge is 2.27. The molecule has 1 aliphatic heterocycles. The first-order chi connectivity index (χ1) is 10.8. The molecule has 0 radical (unpaired) electrons. The predicted octanol–water partition coefficient (Wildman–Crippen LogP) is 1.11. The number of hydrogen-bond acceptors (Lipinski definition) is 6. The quantitative estimate of drug-likeness (QED) is 0.867. The van der Waals surface area contributed by atoms with E-state index in [9.17, 15) is 13.7 Å². The van der Waals surface area contributed by atoms with Gasteiger partial charge in [-0.1, -0.05) is 11.6 Å². The van der Waals surface area contributed by atoms with Gasteiger partial charge in [-0.15, -0.1) is 0 Å². The second-order valence-electron chi connectivity index (χ2n) is 5.62. The molecule has 2 N–H and O–H groups in total. The van der Waals surface area contributed by atoms with Gasteiger partial charge in [-0.25, -0.2) is 13.4 Å². The molecular weight excluding hydrogens is 338 g/mol. The molecule has 0 aliphatic carbocycles. The standard InChI is InChI=1S/C14H16ClN5O2S/c1-9(17)10-6-11(15)13-12(7-16)18-8-20(13)14(10)19-2-4-23(21,22)5-3-19/h6,8-9H,2-5,17H2,1H3. The van der Waals surface area contributed by atoms with Crippen LogP contribution in [0.2, 0.25) is 5.02 Å². The van der Waals surface area contributed by atoms with Gasteiger partial charge in [0.2, 0.25) is 0 Å². The highest BCUT2D eigenvalue weighted by molar-refractivity contribution is 7.91. The number of nitriles is 1. The first-order valence-electron chi connectivity index (χ1n) is 7.14. The van der Waals surface area contributed by atoms with Crippen molar-refractivity contribution in [3.8, 4) is 6.07 Å². The van der Waals surface area contributed by atoms with Gasteiger partial charge < -0.3 is 10.6 Å². The van der Waals surface area contributed by atoms with Crippen molar-refractivity contribution >= 4 is 32.8 Å². The van der Waals surface area contributed by atoms with Crippen LogP contribution in [0.5, 0.6) is 0 Å². The Labute approximate surface area is 139 Å². The van der Waals surface area contributed by atoms with Crippen molar-refractivity contribution in [1.82, 2.24) is 9.38 Å². The minimum atomic E-state index is -2.99. The van der Waals surface area contributed by atoms with E-state index in [1.807, 2.05) is 17.9 Å². The number of hydrogen-bond donors (Lipinski definition) is 1. The van der Waals surface area contributed by atoms with Crippen molar-refractivity contribution in [3.63, 3.8) is 0 Å². The summed E-state index contributed by atoms with van der Waals surface area (Å²) in [5.41, 5.74) is 7.62. The highest BCUT2D eigenvalue weighted by Crippen LogP contribution is 2.33. The molecule has 3 rings (SSSR count). The molecule has 2 aromatic heterocycles. The van der Waals surface area contributed by atoms with Gasteiger partial charge in [0.1, 0.15) is 23.7 Å². The molecule has 1 aliphatic rings. The van der Waals surface area contributed by atoms with E-state index >= 15 is 0 Å². The van der Waals surface area contributed by atoms with Crippen LogP contribution in [-0.4, -0.2) is 42.4 Å². The SMILES string of the molecule is CC(N)c1cc(Cl)c2c(C#N)ncn2c1N1CCS(=O)(=O)CC1. The average Bonchev–Trinajstić information content (AvgIpc) is 2.92. The lowest BCUT2D eigenvalue weighted by Gasteiger charge is -2.32. The summed E-state index contributed by atoms with van der Waals surface area (Å²) in [5.74, 6) is 0.938. The lowest BCUT2D eigenvalue weighted by Crippen LogP contribution is -2.41. The van der Waals surface area contributed by atoms with Gasteiger partial charge in [0.05, 0.1) is 16.5 Å². The van der Waals surface area contributed by atoms with E-state index in [1.165, 1.54) is 6.33 Å². The number of nitrogens with two attached hydrogens (primary N) is 1. The Hall–Kier alpha value is -1.82. The van der Waals surface area contributed by atoms with E-state index in [0.29, 0.717) is 23.6 Å². The van der Waals surface area contributed by atoms with Crippen molar-refractivity contribution in [2.24, 2.45) is 5.73 Å². The smallest absolute Gasteiger partial charge is 0.167 e.